The number of thiocarbonyl (C=S) groups is 1. The summed E-state index contributed by atoms with van der Waals surface area (Å²) in [5.41, 5.74) is 0. The predicted octanol–water partition coefficient (Wildman–Crippen LogP) is 6.66. The topological polar surface area (TPSA) is 49.7 Å². The van der Waals surface area contributed by atoms with Crippen LogP contribution in [0.4, 0.5) is 0 Å². The van der Waals surface area contributed by atoms with Gasteiger partial charge in [0.1, 0.15) is 0 Å². The second kappa shape index (κ2) is 18.6. The fourth-order valence-corrected chi connectivity index (χ4v) is 3.16. The van der Waals surface area contributed by atoms with Crippen molar-refractivity contribution >= 4 is 23.3 Å². The molecule has 0 saturated heterocycles. The number of hydrogen-bond donors (Lipinski definition) is 1. The molecule has 4 heteroatoms. The standard InChI is InChI=1S/C20H37NO2S/c1-2-3-4-5-6-7-8-9-10-11-12-15-19(20(22)23)16-13-14-17-21-18-24/h19H,2-17H2,1H3,(H,22,23). The molecule has 140 valence electrons. The minimum absolute atomic E-state index is 0.181. The number of aliphatic carboxylic acids is 1. The Morgan fingerprint density at radius 2 is 1.33 bits per heavy atom. The van der Waals surface area contributed by atoms with E-state index in [-0.39, 0.29) is 5.92 Å². The highest BCUT2D eigenvalue weighted by atomic mass is 32.1. The van der Waals surface area contributed by atoms with Crippen molar-refractivity contribution in [3.05, 3.63) is 0 Å². The van der Waals surface area contributed by atoms with Crippen molar-refractivity contribution in [3.63, 3.8) is 0 Å². The van der Waals surface area contributed by atoms with Crippen molar-refractivity contribution in [2.75, 3.05) is 6.54 Å². The molecular formula is C20H37NO2S. The fraction of sp³-hybridized carbons (Fsp3) is 0.900. The summed E-state index contributed by atoms with van der Waals surface area (Å²) in [4.78, 5) is 15.1. The Hall–Kier alpha value is -0.730. The molecule has 0 aromatic rings. The average Bonchev–Trinajstić information content (AvgIpc) is 2.57. The lowest BCUT2D eigenvalue weighted by atomic mass is 9.95. The van der Waals surface area contributed by atoms with Crippen LogP contribution in [0.15, 0.2) is 4.99 Å². The second-order valence-corrected chi connectivity index (χ2v) is 7.01. The SMILES string of the molecule is CCCCCCCCCCCCCC(CCCCN=C=S)C(=O)O. The maximum atomic E-state index is 11.3. The molecule has 1 N–H and O–H groups in total. The van der Waals surface area contributed by atoms with Gasteiger partial charge in [-0.1, -0.05) is 84.0 Å². The molecule has 0 radical (unpaired) electrons. The number of rotatable bonds is 18. The van der Waals surface area contributed by atoms with E-state index in [2.05, 4.69) is 29.3 Å². The monoisotopic (exact) mass is 355 g/mol. The Morgan fingerprint density at radius 1 is 0.875 bits per heavy atom. The van der Waals surface area contributed by atoms with Crippen molar-refractivity contribution in [3.8, 4) is 0 Å². The van der Waals surface area contributed by atoms with E-state index < -0.39 is 5.97 Å². The fourth-order valence-electron chi connectivity index (χ4n) is 3.07. The molecule has 0 fully saturated rings. The van der Waals surface area contributed by atoms with Crippen LogP contribution in [0, 0.1) is 5.92 Å². The van der Waals surface area contributed by atoms with E-state index in [9.17, 15) is 9.90 Å². The van der Waals surface area contributed by atoms with Crippen molar-refractivity contribution < 1.29 is 9.90 Å². The van der Waals surface area contributed by atoms with Crippen LogP contribution in [0.3, 0.4) is 0 Å². The number of aliphatic imine (C=N–C) groups is 1. The highest BCUT2D eigenvalue weighted by Crippen LogP contribution is 2.18. The Bertz CT molecular complexity index is 341. The van der Waals surface area contributed by atoms with Crippen molar-refractivity contribution in [1.29, 1.82) is 0 Å². The van der Waals surface area contributed by atoms with E-state index in [4.69, 9.17) is 0 Å². The van der Waals surface area contributed by atoms with Gasteiger partial charge in [-0.15, -0.1) is 0 Å². The normalized spacial score (nSPS) is 11.9. The Labute approximate surface area is 154 Å². The lowest BCUT2D eigenvalue weighted by Crippen LogP contribution is -2.13. The molecule has 0 amide bonds. The van der Waals surface area contributed by atoms with Gasteiger partial charge < -0.3 is 5.11 Å². The predicted molar refractivity (Wildman–Crippen MR) is 106 cm³/mol. The summed E-state index contributed by atoms with van der Waals surface area (Å²) in [6.45, 7) is 2.93. The van der Waals surface area contributed by atoms with E-state index in [1.165, 1.54) is 64.2 Å². The maximum absolute atomic E-state index is 11.3. The minimum Gasteiger partial charge on any atom is -0.481 e. The molecule has 0 bridgehead atoms. The van der Waals surface area contributed by atoms with E-state index >= 15 is 0 Å². The highest BCUT2D eigenvalue weighted by Gasteiger charge is 2.16. The molecule has 0 aliphatic carbocycles. The number of carbonyl (C=O) groups is 1. The van der Waals surface area contributed by atoms with Gasteiger partial charge in [-0.3, -0.25) is 4.79 Å². The molecule has 3 nitrogen and oxygen atoms in total. The van der Waals surface area contributed by atoms with Crippen LogP contribution in [0.1, 0.15) is 103 Å². The zero-order chi connectivity index (χ0) is 17.9. The second-order valence-electron chi connectivity index (χ2n) is 6.83. The number of carboxylic acids is 1. The number of nitrogens with zero attached hydrogens (tertiary/aromatic N) is 1. The first-order chi connectivity index (χ1) is 11.7. The smallest absolute Gasteiger partial charge is 0.306 e. The molecule has 0 aromatic carbocycles. The Morgan fingerprint density at radius 3 is 1.79 bits per heavy atom. The van der Waals surface area contributed by atoms with E-state index in [0.29, 0.717) is 6.54 Å². The average molecular weight is 356 g/mol. The van der Waals surface area contributed by atoms with Gasteiger partial charge in [-0.25, -0.2) is 4.99 Å². The van der Waals surface area contributed by atoms with Crippen molar-refractivity contribution in [2.24, 2.45) is 10.9 Å². The minimum atomic E-state index is -0.639. The van der Waals surface area contributed by atoms with Crippen LogP contribution in [0.5, 0.6) is 0 Å². The van der Waals surface area contributed by atoms with E-state index in [1.807, 2.05) is 0 Å². The Balaban J connectivity index is 3.47. The van der Waals surface area contributed by atoms with E-state index in [1.54, 1.807) is 0 Å². The summed E-state index contributed by atoms with van der Waals surface area (Å²) < 4.78 is 0. The third-order valence-electron chi connectivity index (χ3n) is 4.64. The highest BCUT2D eigenvalue weighted by molar-refractivity contribution is 7.78. The van der Waals surface area contributed by atoms with Gasteiger partial charge in [0, 0.05) is 6.54 Å². The summed E-state index contributed by atoms with van der Waals surface area (Å²) in [5, 5.41) is 11.6. The van der Waals surface area contributed by atoms with Gasteiger partial charge in [0.15, 0.2) is 0 Å². The molecule has 1 unspecified atom stereocenters. The van der Waals surface area contributed by atoms with Gasteiger partial charge in [0.05, 0.1) is 11.1 Å². The van der Waals surface area contributed by atoms with Crippen LogP contribution in [0.2, 0.25) is 0 Å². The lowest BCUT2D eigenvalue weighted by molar-refractivity contribution is -0.142. The zero-order valence-electron chi connectivity index (χ0n) is 15.6. The van der Waals surface area contributed by atoms with Gasteiger partial charge in [-0.05, 0) is 31.5 Å². The first-order valence-electron chi connectivity index (χ1n) is 9.98. The molecule has 0 rings (SSSR count). The van der Waals surface area contributed by atoms with Crippen molar-refractivity contribution in [1.82, 2.24) is 0 Å². The third-order valence-corrected chi connectivity index (χ3v) is 4.77. The first-order valence-corrected chi connectivity index (χ1v) is 10.4. The molecule has 1 atom stereocenters. The molecule has 24 heavy (non-hydrogen) atoms. The number of hydrogen-bond acceptors (Lipinski definition) is 3. The molecule has 0 aliphatic rings. The van der Waals surface area contributed by atoms with Crippen LogP contribution in [0.25, 0.3) is 0 Å². The van der Waals surface area contributed by atoms with Gasteiger partial charge in [-0.2, -0.15) is 0 Å². The number of isothiocyanates is 1. The lowest BCUT2D eigenvalue weighted by Gasteiger charge is -2.11. The van der Waals surface area contributed by atoms with E-state index in [0.717, 1.165) is 32.1 Å². The van der Waals surface area contributed by atoms with Crippen molar-refractivity contribution in [2.45, 2.75) is 103 Å². The summed E-state index contributed by atoms with van der Waals surface area (Å²) in [6, 6.07) is 0. The molecule has 0 aromatic heterocycles. The van der Waals surface area contributed by atoms with Crippen LogP contribution in [-0.4, -0.2) is 22.8 Å². The van der Waals surface area contributed by atoms with Crippen LogP contribution < -0.4 is 0 Å². The third kappa shape index (κ3) is 16.1. The zero-order valence-corrected chi connectivity index (χ0v) is 16.4. The Kier molecular flexibility index (Phi) is 18.0. The summed E-state index contributed by atoms with van der Waals surface area (Å²) >= 11 is 4.52. The molecule has 0 aliphatic heterocycles. The quantitative estimate of drug-likeness (QED) is 0.170. The first kappa shape index (κ1) is 23.3. The largest absolute Gasteiger partial charge is 0.481 e. The summed E-state index contributed by atoms with van der Waals surface area (Å²) in [7, 11) is 0. The molecule has 0 spiro atoms. The summed E-state index contributed by atoms with van der Waals surface area (Å²) in [5.74, 6) is -0.819. The van der Waals surface area contributed by atoms with Gasteiger partial charge in [0.2, 0.25) is 0 Å². The van der Waals surface area contributed by atoms with Crippen LogP contribution >= 0.6 is 12.2 Å². The molecular weight excluding hydrogens is 318 g/mol. The molecule has 0 heterocycles. The maximum Gasteiger partial charge on any atom is 0.306 e. The van der Waals surface area contributed by atoms with Gasteiger partial charge in [0.25, 0.3) is 0 Å². The van der Waals surface area contributed by atoms with Crippen LogP contribution in [-0.2, 0) is 4.79 Å². The summed E-state index contributed by atoms with van der Waals surface area (Å²) in [6.07, 6.45) is 17.8. The number of carboxylic acid groups (broad SMARTS) is 1. The van der Waals surface area contributed by atoms with Gasteiger partial charge >= 0.3 is 5.97 Å². The number of unbranched alkanes of at least 4 members (excludes halogenated alkanes) is 11. The molecule has 0 saturated carbocycles.